The number of likely N-dealkylation sites (tertiary alicyclic amines) is 1. The first kappa shape index (κ1) is 38.0. The van der Waals surface area contributed by atoms with Gasteiger partial charge in [0, 0.05) is 51.0 Å². The van der Waals surface area contributed by atoms with Crippen molar-refractivity contribution >= 4 is 46.8 Å². The average Bonchev–Trinajstić information content (AvgIpc) is 3.74. The van der Waals surface area contributed by atoms with E-state index in [9.17, 15) is 24.4 Å². The number of ether oxygens (including phenoxy) is 1. The quantitative estimate of drug-likeness (QED) is 0.274. The van der Waals surface area contributed by atoms with Gasteiger partial charge in [-0.15, -0.1) is 0 Å². The number of pyridine rings is 1. The molecule has 0 spiro atoms. The zero-order valence-corrected chi connectivity index (χ0v) is 31.6. The van der Waals surface area contributed by atoms with Crippen molar-refractivity contribution in [3.63, 3.8) is 0 Å². The normalized spacial score (nSPS) is 15.4. The Morgan fingerprint density at radius 3 is 2.22 bits per heavy atom. The minimum Gasteiger partial charge on any atom is -0.444 e. The molecule has 2 aliphatic heterocycles. The fourth-order valence-corrected chi connectivity index (χ4v) is 6.68. The van der Waals surface area contributed by atoms with Gasteiger partial charge in [0.15, 0.2) is 17.3 Å². The van der Waals surface area contributed by atoms with Crippen LogP contribution in [0.15, 0.2) is 48.9 Å². The van der Waals surface area contributed by atoms with Crippen LogP contribution >= 0.6 is 11.6 Å². The highest BCUT2D eigenvalue weighted by atomic mass is 35.5. The number of carbonyl (C=O) groups is 4. The van der Waals surface area contributed by atoms with Crippen molar-refractivity contribution in [2.24, 2.45) is 13.0 Å². The number of carbonyl (C=O) groups excluding carboxylic acids is 4. The maximum atomic E-state index is 13.4. The van der Waals surface area contributed by atoms with Crippen molar-refractivity contribution in [3.8, 4) is 23.1 Å². The number of rotatable bonds is 7. The van der Waals surface area contributed by atoms with Gasteiger partial charge in [-0.05, 0) is 84.1 Å². The summed E-state index contributed by atoms with van der Waals surface area (Å²) >= 11 is 6.56. The van der Waals surface area contributed by atoms with E-state index in [0.29, 0.717) is 60.2 Å². The molecule has 2 N–H and O–H groups in total. The average molecular weight is 756 g/mol. The lowest BCUT2D eigenvalue weighted by atomic mass is 9.95. The first-order chi connectivity index (χ1) is 25.7. The van der Waals surface area contributed by atoms with Gasteiger partial charge >= 0.3 is 6.09 Å². The molecule has 17 heteroatoms. The molecule has 282 valence electrons. The van der Waals surface area contributed by atoms with E-state index in [1.807, 2.05) is 4.90 Å². The van der Waals surface area contributed by atoms with Crippen LogP contribution in [0.3, 0.4) is 0 Å². The number of aromatic nitrogens is 5. The minimum absolute atomic E-state index is 0.0389. The highest BCUT2D eigenvalue weighted by Gasteiger charge is 2.31. The molecular weight excluding hydrogens is 714 g/mol. The first-order valence-corrected chi connectivity index (χ1v) is 17.9. The van der Waals surface area contributed by atoms with Gasteiger partial charge in [-0.2, -0.15) is 10.4 Å². The van der Waals surface area contributed by atoms with Crippen LogP contribution in [-0.2, 0) is 16.6 Å². The van der Waals surface area contributed by atoms with Crippen molar-refractivity contribution in [2.75, 3.05) is 56.9 Å². The largest absolute Gasteiger partial charge is 0.444 e. The molecule has 2 aliphatic rings. The molecule has 0 bridgehead atoms. The van der Waals surface area contributed by atoms with E-state index in [-0.39, 0.29) is 34.3 Å². The number of piperidine rings is 1. The number of halogens is 1. The first-order valence-electron chi connectivity index (χ1n) is 17.6. The number of nitrogens with one attached hydrogen (secondary N) is 2. The molecule has 54 heavy (non-hydrogen) atoms. The van der Waals surface area contributed by atoms with E-state index < -0.39 is 17.6 Å². The van der Waals surface area contributed by atoms with E-state index in [1.165, 1.54) is 27.7 Å². The number of nitriles is 1. The number of anilines is 2. The summed E-state index contributed by atoms with van der Waals surface area (Å²) in [6.07, 6.45) is 5.60. The van der Waals surface area contributed by atoms with Gasteiger partial charge in [-0.3, -0.25) is 19.7 Å². The zero-order chi connectivity index (χ0) is 38.7. The van der Waals surface area contributed by atoms with Crippen molar-refractivity contribution in [1.29, 1.82) is 5.26 Å². The number of hydrogen-bond acceptors (Lipinski definition) is 10. The summed E-state index contributed by atoms with van der Waals surface area (Å²) < 4.78 is 8.22. The summed E-state index contributed by atoms with van der Waals surface area (Å²) in [6.45, 7) is 8.90. The lowest BCUT2D eigenvalue weighted by Crippen LogP contribution is -2.52. The Hall–Kier alpha value is -5.79. The van der Waals surface area contributed by atoms with Crippen LogP contribution < -0.4 is 10.6 Å². The molecule has 4 aromatic rings. The van der Waals surface area contributed by atoms with Crippen LogP contribution in [0.5, 0.6) is 0 Å². The van der Waals surface area contributed by atoms with Crippen molar-refractivity contribution in [1.82, 2.24) is 39.0 Å². The van der Waals surface area contributed by atoms with Crippen molar-refractivity contribution in [3.05, 3.63) is 71.0 Å². The molecule has 0 radical (unpaired) electrons. The van der Waals surface area contributed by atoms with E-state index in [1.54, 1.807) is 63.2 Å². The van der Waals surface area contributed by atoms with E-state index in [4.69, 9.17) is 16.3 Å². The van der Waals surface area contributed by atoms with E-state index >= 15 is 0 Å². The van der Waals surface area contributed by atoms with Crippen LogP contribution in [0.2, 0.25) is 5.02 Å². The van der Waals surface area contributed by atoms with E-state index in [2.05, 4.69) is 43.7 Å². The molecule has 6 rings (SSSR count). The third-order valence-electron chi connectivity index (χ3n) is 9.32. The topological polar surface area (TPSA) is 184 Å². The second-order valence-corrected chi connectivity index (χ2v) is 14.8. The smallest absolute Gasteiger partial charge is 0.412 e. The second-order valence-electron chi connectivity index (χ2n) is 14.3. The monoisotopic (exact) mass is 755 g/mol. The number of imidazole rings is 1. The maximum Gasteiger partial charge on any atom is 0.412 e. The lowest BCUT2D eigenvalue weighted by Gasteiger charge is -2.38. The summed E-state index contributed by atoms with van der Waals surface area (Å²) in [6, 6.07) is 10.0. The van der Waals surface area contributed by atoms with Gasteiger partial charge in [-0.25, -0.2) is 19.4 Å². The van der Waals surface area contributed by atoms with Crippen LogP contribution in [-0.4, -0.2) is 115 Å². The maximum absolute atomic E-state index is 13.4. The number of nitrogens with zero attached hydrogens (tertiary/aromatic N) is 9. The zero-order valence-electron chi connectivity index (χ0n) is 30.8. The molecule has 2 fully saturated rings. The predicted octanol–water partition coefficient (Wildman–Crippen LogP) is 4.42. The van der Waals surface area contributed by atoms with Crippen molar-refractivity contribution < 1.29 is 23.9 Å². The van der Waals surface area contributed by atoms with Crippen LogP contribution in [0.25, 0.3) is 17.1 Å². The van der Waals surface area contributed by atoms with Gasteiger partial charge in [0.05, 0.1) is 39.9 Å². The molecule has 5 heterocycles. The highest BCUT2D eigenvalue weighted by Crippen LogP contribution is 2.27. The molecular formula is C37H42ClN11O5. The predicted molar refractivity (Wildman–Crippen MR) is 200 cm³/mol. The standard InChI is InChI=1S/C37H42ClN11O5/c1-37(2,3)54-36(53)43-25-7-9-31(40-20-25)49-22-27(29(19-39)44-49)30-21-41-32(46(30)5)33(50)42-24-6-8-26(28(38)18-24)35(52)48-16-14-47(15-17-48)34(51)23-10-12-45(4)13-11-23/h6-9,18,20-23H,10-17H2,1-5H3,(H,42,50)(H,43,53). The molecule has 16 nitrogen and oxygen atoms in total. The van der Waals surface area contributed by atoms with Crippen LogP contribution in [0.1, 0.15) is 60.3 Å². The fourth-order valence-electron chi connectivity index (χ4n) is 6.42. The van der Waals surface area contributed by atoms with Gasteiger partial charge in [-0.1, -0.05) is 11.6 Å². The van der Waals surface area contributed by atoms with E-state index in [0.717, 1.165) is 25.9 Å². The number of hydrogen-bond donors (Lipinski definition) is 2. The summed E-state index contributed by atoms with van der Waals surface area (Å²) in [7, 11) is 3.71. The minimum atomic E-state index is -0.655. The third-order valence-corrected chi connectivity index (χ3v) is 9.63. The Balaban J connectivity index is 1.08. The second kappa shape index (κ2) is 15.7. The SMILES string of the molecule is CN1CCC(C(=O)N2CCN(C(=O)c3ccc(NC(=O)c4ncc(-c5cn(-c6ccc(NC(=O)OC(C)(C)C)cn6)nc5C#N)n4C)cc3Cl)CC2)CC1. The summed E-state index contributed by atoms with van der Waals surface area (Å²) in [5.74, 6) is -0.130. The molecule has 0 aliphatic carbocycles. The lowest BCUT2D eigenvalue weighted by molar-refractivity contribution is -0.138. The molecule has 4 amide bonds. The van der Waals surface area contributed by atoms with Gasteiger partial charge < -0.3 is 29.3 Å². The van der Waals surface area contributed by atoms with Gasteiger partial charge in [0.2, 0.25) is 5.91 Å². The molecule has 0 atom stereocenters. The summed E-state index contributed by atoms with van der Waals surface area (Å²) in [4.78, 5) is 66.3. The molecule has 2 saturated heterocycles. The molecule has 1 aromatic carbocycles. The Morgan fingerprint density at radius 1 is 0.907 bits per heavy atom. The molecule has 0 unspecified atom stereocenters. The van der Waals surface area contributed by atoms with Gasteiger partial charge in [0.1, 0.15) is 11.7 Å². The Morgan fingerprint density at radius 2 is 1.59 bits per heavy atom. The number of benzene rings is 1. The van der Waals surface area contributed by atoms with Crippen molar-refractivity contribution in [2.45, 2.75) is 39.2 Å². The molecule has 0 saturated carbocycles. The molecule has 3 aromatic heterocycles. The number of amides is 4. The number of piperazine rings is 1. The Labute approximate surface area is 317 Å². The van der Waals surface area contributed by atoms with Crippen LogP contribution in [0.4, 0.5) is 16.2 Å². The van der Waals surface area contributed by atoms with Gasteiger partial charge in [0.25, 0.3) is 11.8 Å². The fraction of sp³-hybridized carbons (Fsp3) is 0.405. The van der Waals surface area contributed by atoms with Crippen LogP contribution in [0, 0.1) is 17.2 Å². The Kier molecular flexibility index (Phi) is 11.0. The Bertz CT molecular complexity index is 2100. The summed E-state index contributed by atoms with van der Waals surface area (Å²) in [5, 5.41) is 19.8. The summed E-state index contributed by atoms with van der Waals surface area (Å²) in [5.41, 5.74) is 1.38. The highest BCUT2D eigenvalue weighted by molar-refractivity contribution is 6.34. The third kappa shape index (κ3) is 8.53.